The zero-order valence-corrected chi connectivity index (χ0v) is 10.4. The molecule has 2 aromatic rings. The lowest BCUT2D eigenvalue weighted by molar-refractivity contribution is 0.0697. The number of carboxylic acids is 1. The van der Waals surface area contributed by atoms with Crippen LogP contribution in [0.1, 0.15) is 17.3 Å². The highest BCUT2D eigenvalue weighted by atomic mass is 19.1. The normalized spacial score (nSPS) is 10.2. The number of benzene rings is 1. The minimum absolute atomic E-state index is 0.0913. The van der Waals surface area contributed by atoms with Crippen LogP contribution in [0, 0.1) is 5.82 Å². The molecule has 0 unspecified atom stereocenters. The van der Waals surface area contributed by atoms with Crippen LogP contribution in [0.2, 0.25) is 0 Å². The van der Waals surface area contributed by atoms with E-state index < -0.39 is 5.97 Å². The van der Waals surface area contributed by atoms with Gasteiger partial charge < -0.3 is 10.0 Å². The topological polar surface area (TPSA) is 53.4 Å². The fraction of sp³-hybridized carbons (Fsp3) is 0.143. The van der Waals surface area contributed by atoms with Gasteiger partial charge in [0.25, 0.3) is 0 Å². The fourth-order valence-electron chi connectivity index (χ4n) is 1.88. The van der Waals surface area contributed by atoms with E-state index in [0.29, 0.717) is 18.1 Å². The number of carboxylic acid groups (broad SMARTS) is 1. The van der Waals surface area contributed by atoms with Crippen LogP contribution < -0.4 is 4.90 Å². The maximum atomic E-state index is 13.3. The molecular weight excluding hydrogens is 247 g/mol. The van der Waals surface area contributed by atoms with Crippen LogP contribution >= 0.6 is 0 Å². The molecule has 1 aromatic carbocycles. The van der Waals surface area contributed by atoms with Crippen LogP contribution in [-0.2, 0) is 0 Å². The van der Waals surface area contributed by atoms with Gasteiger partial charge >= 0.3 is 5.97 Å². The van der Waals surface area contributed by atoms with Gasteiger partial charge in [-0.3, -0.25) is 0 Å². The Kier molecular flexibility index (Phi) is 3.75. The van der Waals surface area contributed by atoms with Gasteiger partial charge in [-0.05, 0) is 37.3 Å². The van der Waals surface area contributed by atoms with Crippen molar-refractivity contribution in [1.82, 2.24) is 4.98 Å². The second-order valence-electron chi connectivity index (χ2n) is 3.90. The van der Waals surface area contributed by atoms with E-state index in [0.717, 1.165) is 0 Å². The molecule has 0 amide bonds. The molecule has 1 N–H and O–H groups in total. The number of hydrogen-bond donors (Lipinski definition) is 1. The summed E-state index contributed by atoms with van der Waals surface area (Å²) in [5, 5.41) is 9.17. The van der Waals surface area contributed by atoms with Crippen molar-refractivity contribution in [1.29, 1.82) is 0 Å². The molecule has 5 heteroatoms. The van der Waals surface area contributed by atoms with E-state index in [1.165, 1.54) is 24.4 Å². The Bertz CT molecular complexity index is 602. The highest BCUT2D eigenvalue weighted by Gasteiger charge is 2.17. The molecule has 0 bridgehead atoms. The predicted octanol–water partition coefficient (Wildman–Crippen LogP) is 3.08. The third-order valence-electron chi connectivity index (χ3n) is 2.71. The summed E-state index contributed by atoms with van der Waals surface area (Å²) >= 11 is 0. The molecule has 0 saturated carbocycles. The highest BCUT2D eigenvalue weighted by molar-refractivity contribution is 5.94. The van der Waals surface area contributed by atoms with Crippen LogP contribution in [0.3, 0.4) is 0 Å². The Hall–Kier alpha value is -2.43. The van der Waals surface area contributed by atoms with Crippen LogP contribution in [0.4, 0.5) is 15.9 Å². The van der Waals surface area contributed by atoms with Crippen LogP contribution in [0.15, 0.2) is 42.6 Å². The molecule has 1 heterocycles. The van der Waals surface area contributed by atoms with E-state index in [-0.39, 0.29) is 11.4 Å². The van der Waals surface area contributed by atoms with E-state index in [4.69, 9.17) is 0 Å². The maximum Gasteiger partial charge on any atom is 0.339 e. The number of carbonyl (C=O) groups is 1. The Labute approximate surface area is 110 Å². The molecule has 0 radical (unpaired) electrons. The zero-order chi connectivity index (χ0) is 13.8. The summed E-state index contributed by atoms with van der Waals surface area (Å²) in [7, 11) is 0. The van der Waals surface area contributed by atoms with Gasteiger partial charge in [-0.15, -0.1) is 0 Å². The molecule has 0 fully saturated rings. The zero-order valence-electron chi connectivity index (χ0n) is 10.4. The molecule has 0 aliphatic heterocycles. The largest absolute Gasteiger partial charge is 0.478 e. The minimum Gasteiger partial charge on any atom is -0.478 e. The Morgan fingerprint density at radius 1 is 1.37 bits per heavy atom. The molecular formula is C14H13FN2O2. The summed E-state index contributed by atoms with van der Waals surface area (Å²) in [6.45, 7) is 2.34. The Morgan fingerprint density at radius 2 is 2.16 bits per heavy atom. The third kappa shape index (κ3) is 2.70. The minimum atomic E-state index is -1.06. The molecule has 0 atom stereocenters. The van der Waals surface area contributed by atoms with Crippen LogP contribution in [-0.4, -0.2) is 22.6 Å². The number of pyridine rings is 1. The van der Waals surface area contributed by atoms with Gasteiger partial charge in [0, 0.05) is 18.4 Å². The van der Waals surface area contributed by atoms with Crippen molar-refractivity contribution in [3.05, 3.63) is 54.0 Å². The van der Waals surface area contributed by atoms with Gasteiger partial charge in [0.15, 0.2) is 0 Å². The summed E-state index contributed by atoms with van der Waals surface area (Å²) in [5.41, 5.74) is 0.664. The second kappa shape index (κ2) is 5.48. The third-order valence-corrected chi connectivity index (χ3v) is 2.71. The Morgan fingerprint density at radius 3 is 2.79 bits per heavy atom. The number of aromatic carboxylic acids is 1. The first-order valence-corrected chi connectivity index (χ1v) is 5.85. The van der Waals surface area contributed by atoms with Crippen molar-refractivity contribution in [2.45, 2.75) is 6.92 Å². The number of hydrogen-bond acceptors (Lipinski definition) is 3. The first kappa shape index (κ1) is 13.0. The first-order valence-electron chi connectivity index (χ1n) is 5.85. The van der Waals surface area contributed by atoms with E-state index in [2.05, 4.69) is 4.98 Å². The molecule has 98 valence electrons. The molecule has 1 aromatic heterocycles. The van der Waals surface area contributed by atoms with Crippen LogP contribution in [0.25, 0.3) is 0 Å². The summed E-state index contributed by atoms with van der Waals surface area (Å²) < 4.78 is 13.3. The van der Waals surface area contributed by atoms with Gasteiger partial charge in [-0.2, -0.15) is 0 Å². The molecule has 0 saturated heterocycles. The van der Waals surface area contributed by atoms with E-state index in [9.17, 15) is 14.3 Å². The van der Waals surface area contributed by atoms with Gasteiger partial charge in [0.2, 0.25) is 0 Å². The number of halogens is 1. The summed E-state index contributed by atoms with van der Waals surface area (Å²) in [6, 6.07) is 9.03. The summed E-state index contributed by atoms with van der Waals surface area (Å²) in [6.07, 6.45) is 1.52. The van der Waals surface area contributed by atoms with Gasteiger partial charge in [0.1, 0.15) is 17.2 Å². The van der Waals surface area contributed by atoms with E-state index in [1.54, 1.807) is 23.1 Å². The predicted molar refractivity (Wildman–Crippen MR) is 70.3 cm³/mol. The van der Waals surface area contributed by atoms with Crippen molar-refractivity contribution >= 4 is 17.5 Å². The number of rotatable bonds is 4. The number of anilines is 2. The summed E-state index contributed by atoms with van der Waals surface area (Å²) in [4.78, 5) is 17.0. The molecule has 4 nitrogen and oxygen atoms in total. The smallest absolute Gasteiger partial charge is 0.339 e. The van der Waals surface area contributed by atoms with Crippen molar-refractivity contribution < 1.29 is 14.3 Å². The lowest BCUT2D eigenvalue weighted by Crippen LogP contribution is -2.20. The quantitative estimate of drug-likeness (QED) is 0.917. The van der Waals surface area contributed by atoms with Gasteiger partial charge in [0.05, 0.1) is 0 Å². The SMILES string of the molecule is CCN(c1cccc(F)c1)c1ncccc1C(=O)O. The fourth-order valence-corrected chi connectivity index (χ4v) is 1.88. The van der Waals surface area contributed by atoms with E-state index >= 15 is 0 Å². The number of nitrogens with zero attached hydrogens (tertiary/aromatic N) is 2. The first-order chi connectivity index (χ1) is 9.13. The average molecular weight is 260 g/mol. The van der Waals surface area contributed by atoms with Crippen molar-refractivity contribution in [3.8, 4) is 0 Å². The molecule has 0 spiro atoms. The molecule has 2 rings (SSSR count). The maximum absolute atomic E-state index is 13.3. The van der Waals surface area contributed by atoms with Gasteiger partial charge in [-0.1, -0.05) is 6.07 Å². The molecule has 0 aliphatic carbocycles. The van der Waals surface area contributed by atoms with Crippen molar-refractivity contribution in [3.63, 3.8) is 0 Å². The van der Waals surface area contributed by atoms with Crippen LogP contribution in [0.5, 0.6) is 0 Å². The standard InChI is InChI=1S/C14H13FN2O2/c1-2-17(11-6-3-5-10(15)9-11)13-12(14(18)19)7-4-8-16-13/h3-9H,2H2,1H3,(H,18,19). The molecule has 19 heavy (non-hydrogen) atoms. The lowest BCUT2D eigenvalue weighted by atomic mass is 10.2. The van der Waals surface area contributed by atoms with Gasteiger partial charge in [-0.25, -0.2) is 14.2 Å². The van der Waals surface area contributed by atoms with Crippen molar-refractivity contribution in [2.75, 3.05) is 11.4 Å². The molecule has 0 aliphatic rings. The van der Waals surface area contributed by atoms with Crippen molar-refractivity contribution in [2.24, 2.45) is 0 Å². The lowest BCUT2D eigenvalue weighted by Gasteiger charge is -2.23. The Balaban J connectivity index is 2.51. The van der Waals surface area contributed by atoms with E-state index in [1.807, 2.05) is 6.92 Å². The summed E-state index contributed by atoms with van der Waals surface area (Å²) in [5.74, 6) is -1.12. The second-order valence-corrected chi connectivity index (χ2v) is 3.90. The highest BCUT2D eigenvalue weighted by Crippen LogP contribution is 2.26. The number of aromatic nitrogens is 1. The average Bonchev–Trinajstić information content (AvgIpc) is 2.40. The monoisotopic (exact) mass is 260 g/mol.